The molecule has 1 aromatic carbocycles. The number of hydrogen-bond acceptors (Lipinski definition) is 4. The molecule has 0 spiro atoms. The molecule has 0 aliphatic carbocycles. The molecule has 2 N–H and O–H groups in total. The molecule has 0 aliphatic heterocycles. The predicted molar refractivity (Wildman–Crippen MR) is 79.1 cm³/mol. The van der Waals surface area contributed by atoms with Crippen LogP contribution in [0, 0.1) is 0 Å². The quantitative estimate of drug-likeness (QED) is 0.743. The van der Waals surface area contributed by atoms with Crippen LogP contribution in [0.1, 0.15) is 11.3 Å². The van der Waals surface area contributed by atoms with Crippen molar-refractivity contribution in [2.45, 2.75) is 13.1 Å². The maximum absolute atomic E-state index is 5.69. The molecule has 0 atom stereocenters. The van der Waals surface area contributed by atoms with E-state index in [2.05, 4.69) is 39.7 Å². The summed E-state index contributed by atoms with van der Waals surface area (Å²) in [5.41, 5.74) is 8.86. The van der Waals surface area contributed by atoms with Crippen molar-refractivity contribution < 1.29 is 0 Å². The number of rotatable bonds is 4. The lowest BCUT2D eigenvalue weighted by Gasteiger charge is -2.15. The van der Waals surface area contributed by atoms with Gasteiger partial charge in [0.25, 0.3) is 0 Å². The molecule has 19 heavy (non-hydrogen) atoms. The van der Waals surface area contributed by atoms with Crippen LogP contribution >= 0.6 is 11.3 Å². The van der Waals surface area contributed by atoms with E-state index in [4.69, 9.17) is 5.73 Å². The summed E-state index contributed by atoms with van der Waals surface area (Å²) in [6.45, 7) is 1.74. The summed E-state index contributed by atoms with van der Waals surface area (Å²) in [5, 5.41) is 2.05. The summed E-state index contributed by atoms with van der Waals surface area (Å²) in [5.74, 6) is 0. The van der Waals surface area contributed by atoms with Crippen molar-refractivity contribution in [2.75, 3.05) is 12.8 Å². The number of hydrogen-bond donors (Lipinski definition) is 1. The molecule has 3 rings (SSSR count). The molecule has 0 bridgehead atoms. The van der Waals surface area contributed by atoms with Gasteiger partial charge in [0.15, 0.2) is 4.96 Å². The van der Waals surface area contributed by atoms with E-state index in [0.717, 1.165) is 29.4 Å². The maximum atomic E-state index is 5.69. The second kappa shape index (κ2) is 5.03. The second-order valence-electron chi connectivity index (χ2n) is 4.74. The molecular formula is C14H16N4S. The Hall–Kier alpha value is -1.85. The van der Waals surface area contributed by atoms with Crippen LogP contribution in [0.5, 0.6) is 0 Å². The Balaban J connectivity index is 1.66. The van der Waals surface area contributed by atoms with Crippen molar-refractivity contribution in [3.8, 4) is 0 Å². The third-order valence-corrected chi connectivity index (χ3v) is 3.78. The van der Waals surface area contributed by atoms with Gasteiger partial charge in [0.1, 0.15) is 0 Å². The Kier molecular flexibility index (Phi) is 3.23. The summed E-state index contributed by atoms with van der Waals surface area (Å²) in [6, 6.07) is 8.01. The van der Waals surface area contributed by atoms with Gasteiger partial charge in [-0.2, -0.15) is 0 Å². The van der Waals surface area contributed by atoms with Crippen LogP contribution in [-0.2, 0) is 13.1 Å². The Labute approximate surface area is 116 Å². The monoisotopic (exact) mass is 272 g/mol. The zero-order valence-electron chi connectivity index (χ0n) is 10.8. The first-order valence-corrected chi connectivity index (χ1v) is 7.03. The molecule has 3 aromatic rings. The van der Waals surface area contributed by atoms with Crippen LogP contribution < -0.4 is 5.73 Å². The fourth-order valence-corrected chi connectivity index (χ4v) is 2.84. The Morgan fingerprint density at radius 3 is 2.79 bits per heavy atom. The minimum Gasteiger partial charge on any atom is -0.399 e. The molecule has 2 aromatic heterocycles. The first-order valence-electron chi connectivity index (χ1n) is 6.15. The molecular weight excluding hydrogens is 256 g/mol. The van der Waals surface area contributed by atoms with E-state index in [9.17, 15) is 0 Å². The highest BCUT2D eigenvalue weighted by Crippen LogP contribution is 2.14. The first-order chi connectivity index (χ1) is 9.20. The molecule has 4 nitrogen and oxygen atoms in total. The SMILES string of the molecule is CN(Cc1ccc(N)cc1)Cc1cn2ccsc2n1. The number of nitrogens with zero attached hydrogens (tertiary/aromatic N) is 3. The lowest BCUT2D eigenvalue weighted by molar-refractivity contribution is 0.316. The van der Waals surface area contributed by atoms with Crippen LogP contribution in [0.25, 0.3) is 4.96 Å². The van der Waals surface area contributed by atoms with E-state index in [0.29, 0.717) is 0 Å². The summed E-state index contributed by atoms with van der Waals surface area (Å²) < 4.78 is 2.07. The van der Waals surface area contributed by atoms with Gasteiger partial charge >= 0.3 is 0 Å². The van der Waals surface area contributed by atoms with Crippen molar-refractivity contribution in [3.05, 3.63) is 53.3 Å². The lowest BCUT2D eigenvalue weighted by atomic mass is 10.2. The minimum atomic E-state index is 0.806. The van der Waals surface area contributed by atoms with Crippen molar-refractivity contribution in [3.63, 3.8) is 0 Å². The van der Waals surface area contributed by atoms with Crippen molar-refractivity contribution in [1.29, 1.82) is 0 Å². The number of anilines is 1. The highest BCUT2D eigenvalue weighted by molar-refractivity contribution is 7.15. The van der Waals surface area contributed by atoms with Crippen LogP contribution in [0.2, 0.25) is 0 Å². The third kappa shape index (κ3) is 2.77. The second-order valence-corrected chi connectivity index (χ2v) is 5.61. The third-order valence-electron chi connectivity index (χ3n) is 3.01. The molecule has 0 radical (unpaired) electrons. The molecule has 98 valence electrons. The van der Waals surface area contributed by atoms with Crippen LogP contribution in [0.4, 0.5) is 5.69 Å². The highest BCUT2D eigenvalue weighted by atomic mass is 32.1. The van der Waals surface area contributed by atoms with E-state index >= 15 is 0 Å². The van der Waals surface area contributed by atoms with Crippen molar-refractivity contribution in [1.82, 2.24) is 14.3 Å². The van der Waals surface area contributed by atoms with Crippen molar-refractivity contribution in [2.24, 2.45) is 0 Å². The van der Waals surface area contributed by atoms with E-state index in [1.807, 2.05) is 23.7 Å². The standard InChI is InChI=1S/C14H16N4S/c1-17(8-11-2-4-12(15)5-3-11)9-13-10-18-6-7-19-14(18)16-13/h2-7,10H,8-9,15H2,1H3. The first kappa shape index (κ1) is 12.2. The van der Waals surface area contributed by atoms with Crippen LogP contribution in [0.3, 0.4) is 0 Å². The number of nitrogen functional groups attached to an aromatic ring is 1. The zero-order valence-corrected chi connectivity index (χ0v) is 11.6. The number of fused-ring (bicyclic) bond motifs is 1. The molecule has 0 aliphatic rings. The van der Waals surface area contributed by atoms with Crippen LogP contribution in [0.15, 0.2) is 42.0 Å². The average Bonchev–Trinajstić information content (AvgIpc) is 2.92. The van der Waals surface area contributed by atoms with Gasteiger partial charge in [0.2, 0.25) is 0 Å². The van der Waals surface area contributed by atoms with Gasteiger partial charge in [-0.15, -0.1) is 11.3 Å². The van der Waals surface area contributed by atoms with E-state index in [-0.39, 0.29) is 0 Å². The van der Waals surface area contributed by atoms with Gasteiger partial charge in [0.05, 0.1) is 5.69 Å². The number of thiazole rings is 1. The maximum Gasteiger partial charge on any atom is 0.193 e. The van der Waals surface area contributed by atoms with Gasteiger partial charge in [-0.25, -0.2) is 4.98 Å². The number of imidazole rings is 1. The summed E-state index contributed by atoms with van der Waals surface area (Å²) in [7, 11) is 2.10. The van der Waals surface area contributed by atoms with E-state index in [1.54, 1.807) is 11.3 Å². The van der Waals surface area contributed by atoms with E-state index < -0.39 is 0 Å². The number of nitrogens with two attached hydrogens (primary N) is 1. The molecule has 0 saturated heterocycles. The fourth-order valence-electron chi connectivity index (χ4n) is 2.12. The molecule has 5 heteroatoms. The minimum absolute atomic E-state index is 0.806. The van der Waals surface area contributed by atoms with Gasteiger partial charge in [0, 0.05) is 36.6 Å². The fraction of sp³-hybridized carbons (Fsp3) is 0.214. The Morgan fingerprint density at radius 2 is 2.05 bits per heavy atom. The lowest BCUT2D eigenvalue weighted by Crippen LogP contribution is -2.17. The van der Waals surface area contributed by atoms with E-state index in [1.165, 1.54) is 5.56 Å². The number of aromatic nitrogens is 2. The zero-order chi connectivity index (χ0) is 13.2. The topological polar surface area (TPSA) is 46.6 Å². The normalized spacial score (nSPS) is 11.5. The van der Waals surface area contributed by atoms with Crippen molar-refractivity contribution >= 4 is 22.0 Å². The molecule has 2 heterocycles. The smallest absolute Gasteiger partial charge is 0.193 e. The summed E-state index contributed by atoms with van der Waals surface area (Å²) in [6.07, 6.45) is 4.13. The van der Waals surface area contributed by atoms with Gasteiger partial charge in [-0.05, 0) is 24.7 Å². The van der Waals surface area contributed by atoms with Crippen LogP contribution in [-0.4, -0.2) is 21.3 Å². The van der Waals surface area contributed by atoms with Gasteiger partial charge < -0.3 is 5.73 Å². The Morgan fingerprint density at radius 1 is 1.26 bits per heavy atom. The average molecular weight is 272 g/mol. The van der Waals surface area contributed by atoms with Gasteiger partial charge in [-0.3, -0.25) is 9.30 Å². The molecule has 0 amide bonds. The Bertz CT molecular complexity index is 640. The summed E-state index contributed by atoms with van der Waals surface area (Å²) in [4.78, 5) is 7.89. The summed E-state index contributed by atoms with van der Waals surface area (Å²) >= 11 is 1.66. The number of benzene rings is 1. The molecule has 0 unspecified atom stereocenters. The van der Waals surface area contributed by atoms with Gasteiger partial charge in [-0.1, -0.05) is 12.1 Å². The molecule has 0 saturated carbocycles. The molecule has 0 fully saturated rings. The highest BCUT2D eigenvalue weighted by Gasteiger charge is 2.06. The largest absolute Gasteiger partial charge is 0.399 e. The predicted octanol–water partition coefficient (Wildman–Crippen LogP) is 2.61.